The third-order valence-electron chi connectivity index (χ3n) is 3.44. The number of hydrogen-bond donors (Lipinski definition) is 2. The Kier molecular flexibility index (Phi) is 6.35. The average molecular weight is 375 g/mol. The minimum absolute atomic E-state index is 0.248. The molecule has 0 aliphatic carbocycles. The molecule has 3 heterocycles. The second-order valence-electron chi connectivity index (χ2n) is 5.25. The van der Waals surface area contributed by atoms with E-state index in [0.717, 1.165) is 28.6 Å². The number of halogens is 1. The predicted octanol–water partition coefficient (Wildman–Crippen LogP) is 3.93. The second kappa shape index (κ2) is 8.91. The Bertz CT molecular complexity index is 797. The van der Waals surface area contributed by atoms with Crippen molar-refractivity contribution in [3.05, 3.63) is 40.8 Å². The molecule has 0 radical (unpaired) electrons. The number of rotatable bonds is 3. The SMILES string of the molecule is C1CNCNC1.C=Nc1nc(-c2csc(-c3ccc(F)cc3)n2)cs1. The first-order valence-electron chi connectivity index (χ1n) is 7.82. The average Bonchev–Trinajstić information content (AvgIpc) is 3.33. The van der Waals surface area contributed by atoms with E-state index >= 15 is 0 Å². The lowest BCUT2D eigenvalue weighted by molar-refractivity contribution is 0.496. The van der Waals surface area contributed by atoms with Gasteiger partial charge in [-0.15, -0.1) is 22.7 Å². The monoisotopic (exact) mass is 375 g/mol. The molecule has 2 N–H and O–H groups in total. The molecule has 1 aromatic carbocycles. The Hall–Kier alpha value is -2.00. The first-order valence-corrected chi connectivity index (χ1v) is 9.58. The van der Waals surface area contributed by atoms with Crippen LogP contribution in [0.5, 0.6) is 0 Å². The van der Waals surface area contributed by atoms with Crippen molar-refractivity contribution in [1.82, 2.24) is 20.6 Å². The lowest BCUT2D eigenvalue weighted by Crippen LogP contribution is -2.37. The first-order chi connectivity index (χ1) is 12.3. The Morgan fingerprint density at radius 3 is 2.24 bits per heavy atom. The van der Waals surface area contributed by atoms with Crippen LogP contribution in [0.1, 0.15) is 6.42 Å². The van der Waals surface area contributed by atoms with Gasteiger partial charge in [0.1, 0.15) is 22.2 Å². The van der Waals surface area contributed by atoms with Gasteiger partial charge < -0.3 is 10.6 Å². The Labute approximate surface area is 153 Å². The summed E-state index contributed by atoms with van der Waals surface area (Å²) in [6, 6.07) is 6.30. The van der Waals surface area contributed by atoms with Crippen molar-refractivity contribution in [2.24, 2.45) is 4.99 Å². The van der Waals surface area contributed by atoms with Gasteiger partial charge in [-0.25, -0.2) is 19.4 Å². The van der Waals surface area contributed by atoms with Crippen LogP contribution in [0.4, 0.5) is 9.52 Å². The minimum atomic E-state index is -0.248. The molecule has 1 aliphatic heterocycles. The van der Waals surface area contributed by atoms with Crippen LogP contribution in [0, 0.1) is 5.82 Å². The van der Waals surface area contributed by atoms with Crippen LogP contribution in [-0.2, 0) is 0 Å². The molecule has 0 unspecified atom stereocenters. The lowest BCUT2D eigenvalue weighted by Gasteiger charge is -2.11. The molecule has 0 atom stereocenters. The van der Waals surface area contributed by atoms with Crippen LogP contribution in [-0.4, -0.2) is 36.4 Å². The Morgan fingerprint density at radius 1 is 1.00 bits per heavy atom. The summed E-state index contributed by atoms with van der Waals surface area (Å²) in [4.78, 5) is 12.6. The summed E-state index contributed by atoms with van der Waals surface area (Å²) in [5, 5.41) is 11.6. The fourth-order valence-corrected chi connectivity index (χ4v) is 3.61. The number of hydrogen-bond acceptors (Lipinski definition) is 7. The largest absolute Gasteiger partial charge is 0.304 e. The zero-order valence-corrected chi connectivity index (χ0v) is 15.2. The third-order valence-corrected chi connectivity index (χ3v) is 5.11. The van der Waals surface area contributed by atoms with Gasteiger partial charge in [-0.3, -0.25) is 0 Å². The molecule has 130 valence electrons. The van der Waals surface area contributed by atoms with E-state index in [1.54, 1.807) is 12.1 Å². The molecule has 25 heavy (non-hydrogen) atoms. The number of aliphatic imine (C=N–C) groups is 1. The van der Waals surface area contributed by atoms with Crippen molar-refractivity contribution in [3.63, 3.8) is 0 Å². The van der Waals surface area contributed by atoms with E-state index in [-0.39, 0.29) is 5.82 Å². The standard InChI is InChI=1S/C13H8FN3S2.C4H10N2/c1-15-13-17-11(7-19-13)10-6-18-12(16-10)8-2-4-9(14)5-3-8;1-2-5-4-6-3-1/h2-7H,1H2;5-6H,1-4H2. The quantitative estimate of drug-likeness (QED) is 0.681. The Morgan fingerprint density at radius 2 is 1.68 bits per heavy atom. The highest BCUT2D eigenvalue weighted by atomic mass is 32.1. The molecule has 4 rings (SSSR count). The van der Waals surface area contributed by atoms with Gasteiger partial charge in [0.2, 0.25) is 5.13 Å². The van der Waals surface area contributed by atoms with Crippen molar-refractivity contribution >= 4 is 34.5 Å². The highest BCUT2D eigenvalue weighted by Crippen LogP contribution is 2.31. The third kappa shape index (κ3) is 4.99. The molecule has 0 saturated carbocycles. The van der Waals surface area contributed by atoms with Crippen LogP contribution in [0.2, 0.25) is 0 Å². The van der Waals surface area contributed by atoms with Crippen molar-refractivity contribution in [3.8, 4) is 22.0 Å². The van der Waals surface area contributed by atoms with Gasteiger partial charge in [-0.2, -0.15) is 0 Å². The molecule has 1 aliphatic rings. The number of nitrogens with one attached hydrogen (secondary N) is 2. The number of aromatic nitrogens is 2. The fourth-order valence-electron chi connectivity index (χ4n) is 2.17. The van der Waals surface area contributed by atoms with Crippen molar-refractivity contribution in [2.45, 2.75) is 6.42 Å². The van der Waals surface area contributed by atoms with Crippen LogP contribution in [0.25, 0.3) is 22.0 Å². The maximum absolute atomic E-state index is 12.9. The van der Waals surface area contributed by atoms with Crippen LogP contribution in [0.3, 0.4) is 0 Å². The summed E-state index contributed by atoms with van der Waals surface area (Å²) in [7, 11) is 0. The van der Waals surface area contributed by atoms with E-state index in [2.05, 4.69) is 32.3 Å². The summed E-state index contributed by atoms with van der Waals surface area (Å²) < 4.78 is 12.9. The highest BCUT2D eigenvalue weighted by molar-refractivity contribution is 7.14. The van der Waals surface area contributed by atoms with Gasteiger partial charge in [0.05, 0.1) is 0 Å². The van der Waals surface area contributed by atoms with Gasteiger partial charge in [-0.1, -0.05) is 0 Å². The van der Waals surface area contributed by atoms with Gasteiger partial charge in [-0.05, 0) is 50.5 Å². The van der Waals surface area contributed by atoms with Gasteiger partial charge in [0.25, 0.3) is 0 Å². The summed E-state index contributed by atoms with van der Waals surface area (Å²) in [6.45, 7) is 6.82. The van der Waals surface area contributed by atoms with Crippen molar-refractivity contribution < 1.29 is 4.39 Å². The van der Waals surface area contributed by atoms with Crippen LogP contribution < -0.4 is 10.6 Å². The lowest BCUT2D eigenvalue weighted by atomic mass is 10.2. The zero-order valence-electron chi connectivity index (χ0n) is 13.5. The second-order valence-corrected chi connectivity index (χ2v) is 6.94. The molecule has 8 heteroatoms. The molecule has 5 nitrogen and oxygen atoms in total. The highest BCUT2D eigenvalue weighted by Gasteiger charge is 2.09. The van der Waals surface area contributed by atoms with E-state index < -0.39 is 0 Å². The van der Waals surface area contributed by atoms with Crippen LogP contribution >= 0.6 is 22.7 Å². The molecule has 2 aromatic heterocycles. The maximum Gasteiger partial charge on any atom is 0.209 e. The number of benzene rings is 1. The fraction of sp³-hybridized carbons (Fsp3) is 0.235. The smallest absolute Gasteiger partial charge is 0.209 e. The van der Waals surface area contributed by atoms with E-state index in [0.29, 0.717) is 5.13 Å². The zero-order chi connectivity index (χ0) is 17.5. The van der Waals surface area contributed by atoms with Crippen molar-refractivity contribution in [2.75, 3.05) is 19.8 Å². The summed E-state index contributed by atoms with van der Waals surface area (Å²) >= 11 is 2.93. The summed E-state index contributed by atoms with van der Waals surface area (Å²) in [6.07, 6.45) is 1.28. The maximum atomic E-state index is 12.9. The number of thiazole rings is 2. The number of nitrogens with zero attached hydrogens (tertiary/aromatic N) is 3. The molecule has 0 amide bonds. The van der Waals surface area contributed by atoms with E-state index in [1.165, 1.54) is 54.3 Å². The Balaban J connectivity index is 0.000000258. The topological polar surface area (TPSA) is 62.2 Å². The van der Waals surface area contributed by atoms with Crippen molar-refractivity contribution in [1.29, 1.82) is 0 Å². The van der Waals surface area contributed by atoms with E-state index in [4.69, 9.17) is 0 Å². The van der Waals surface area contributed by atoms with Gasteiger partial charge in [0, 0.05) is 23.0 Å². The van der Waals surface area contributed by atoms with Crippen LogP contribution in [0.15, 0.2) is 40.0 Å². The summed E-state index contributed by atoms with van der Waals surface area (Å²) in [5.41, 5.74) is 2.49. The molecular weight excluding hydrogens is 357 g/mol. The molecule has 0 spiro atoms. The normalized spacial score (nSPS) is 13.8. The summed E-state index contributed by atoms with van der Waals surface area (Å²) in [5.74, 6) is -0.248. The van der Waals surface area contributed by atoms with E-state index in [1.807, 2.05) is 10.8 Å². The molecule has 0 bridgehead atoms. The first kappa shape index (κ1) is 17.8. The minimum Gasteiger partial charge on any atom is -0.304 e. The van der Waals surface area contributed by atoms with Gasteiger partial charge in [0.15, 0.2) is 0 Å². The van der Waals surface area contributed by atoms with Gasteiger partial charge >= 0.3 is 0 Å². The molecule has 1 saturated heterocycles. The molecular formula is C17H18FN5S2. The van der Waals surface area contributed by atoms with E-state index in [9.17, 15) is 4.39 Å². The predicted molar refractivity (Wildman–Crippen MR) is 103 cm³/mol. The molecule has 3 aromatic rings. The molecule has 1 fully saturated rings.